The Kier molecular flexibility index (Phi) is 7.40. The van der Waals surface area contributed by atoms with E-state index in [0.717, 1.165) is 5.56 Å². The van der Waals surface area contributed by atoms with E-state index < -0.39 is 5.91 Å². The second-order valence-corrected chi connectivity index (χ2v) is 5.55. The Morgan fingerprint density at radius 3 is 2.20 bits per heavy atom. The fourth-order valence-electron chi connectivity index (χ4n) is 1.95. The summed E-state index contributed by atoms with van der Waals surface area (Å²) in [6.45, 7) is -0.165. The van der Waals surface area contributed by atoms with E-state index in [4.69, 9.17) is 17.0 Å². The summed E-state index contributed by atoms with van der Waals surface area (Å²) in [4.78, 5) is 23.5. The second kappa shape index (κ2) is 10.0. The van der Waals surface area contributed by atoms with Gasteiger partial charge < -0.3 is 10.1 Å². The maximum absolute atomic E-state index is 11.8. The van der Waals surface area contributed by atoms with Gasteiger partial charge in [-0.1, -0.05) is 48.5 Å². The number of para-hydroxylation sites is 1. The maximum Gasteiger partial charge on any atom is 0.276 e. The molecule has 0 aliphatic heterocycles. The molecule has 0 aromatic heterocycles. The smallest absolute Gasteiger partial charge is 0.276 e. The lowest BCUT2D eigenvalue weighted by molar-refractivity contribution is -0.124. The number of rotatable bonds is 6. The summed E-state index contributed by atoms with van der Waals surface area (Å²) in [5.41, 5.74) is 5.90. The first-order valence-electron chi connectivity index (χ1n) is 7.74. The molecule has 0 atom stereocenters. The van der Waals surface area contributed by atoms with E-state index >= 15 is 0 Å². The van der Waals surface area contributed by atoms with Crippen LogP contribution in [0.25, 0.3) is 0 Å². The first-order valence-corrected chi connectivity index (χ1v) is 8.15. The van der Waals surface area contributed by atoms with Crippen LogP contribution in [0.2, 0.25) is 0 Å². The van der Waals surface area contributed by atoms with Crippen LogP contribution in [0.5, 0.6) is 5.75 Å². The van der Waals surface area contributed by atoms with Gasteiger partial charge in [-0.3, -0.25) is 20.4 Å². The van der Waals surface area contributed by atoms with Crippen LogP contribution in [0.1, 0.15) is 12.0 Å². The van der Waals surface area contributed by atoms with E-state index in [9.17, 15) is 9.59 Å². The molecule has 0 bridgehead atoms. The highest BCUT2D eigenvalue weighted by atomic mass is 32.1. The van der Waals surface area contributed by atoms with Crippen LogP contribution < -0.4 is 20.9 Å². The van der Waals surface area contributed by atoms with Gasteiger partial charge in [0, 0.05) is 6.42 Å². The van der Waals surface area contributed by atoms with Gasteiger partial charge in [0.05, 0.1) is 0 Å². The van der Waals surface area contributed by atoms with Crippen molar-refractivity contribution in [2.45, 2.75) is 12.8 Å². The number of hydrogen-bond donors (Lipinski definition) is 3. The third-order valence-corrected chi connectivity index (χ3v) is 3.37. The van der Waals surface area contributed by atoms with Crippen LogP contribution in [-0.2, 0) is 16.0 Å². The Morgan fingerprint density at radius 1 is 0.880 bits per heavy atom. The zero-order valence-corrected chi connectivity index (χ0v) is 14.3. The van der Waals surface area contributed by atoms with Crippen molar-refractivity contribution in [3.63, 3.8) is 0 Å². The molecule has 0 saturated carbocycles. The lowest BCUT2D eigenvalue weighted by Crippen LogP contribution is -2.49. The molecule has 130 valence electrons. The zero-order chi connectivity index (χ0) is 17.9. The molecule has 2 rings (SSSR count). The Labute approximate surface area is 151 Å². The fraction of sp³-hybridized carbons (Fsp3) is 0.167. The Balaban J connectivity index is 1.61. The molecule has 25 heavy (non-hydrogen) atoms. The topological polar surface area (TPSA) is 79.5 Å². The Morgan fingerprint density at radius 2 is 1.52 bits per heavy atom. The molecule has 7 heteroatoms. The Bertz CT molecular complexity index is 708. The molecule has 2 amide bonds. The molecular formula is C18H19N3O3S. The normalized spacial score (nSPS) is 9.76. The predicted molar refractivity (Wildman–Crippen MR) is 98.7 cm³/mol. The largest absolute Gasteiger partial charge is 0.484 e. The average Bonchev–Trinajstić information content (AvgIpc) is 2.65. The highest BCUT2D eigenvalue weighted by Gasteiger charge is 2.07. The van der Waals surface area contributed by atoms with Crippen molar-refractivity contribution >= 4 is 29.1 Å². The molecule has 0 heterocycles. The summed E-state index contributed by atoms with van der Waals surface area (Å²) < 4.78 is 5.29. The molecule has 6 nitrogen and oxygen atoms in total. The first kappa shape index (κ1) is 18.4. The van der Waals surface area contributed by atoms with E-state index in [0.29, 0.717) is 18.6 Å². The molecule has 0 fully saturated rings. The average molecular weight is 357 g/mol. The Hall–Kier alpha value is -2.93. The second-order valence-electron chi connectivity index (χ2n) is 5.14. The highest BCUT2D eigenvalue weighted by molar-refractivity contribution is 7.80. The molecule has 0 radical (unpaired) electrons. The van der Waals surface area contributed by atoms with Gasteiger partial charge in [0.25, 0.3) is 5.91 Å². The standard InChI is InChI=1S/C18H19N3O3S/c22-16(12-11-14-7-3-1-4-8-14)19-18(25)21-20-17(23)13-24-15-9-5-2-6-10-15/h1-10H,11-13H2,(H,20,23)(H2,19,21,22,25). The molecule has 2 aromatic rings. The minimum Gasteiger partial charge on any atom is -0.484 e. The van der Waals surface area contributed by atoms with Gasteiger partial charge in [-0.2, -0.15) is 0 Å². The number of carbonyl (C=O) groups is 2. The van der Waals surface area contributed by atoms with Crippen molar-refractivity contribution in [1.82, 2.24) is 16.2 Å². The van der Waals surface area contributed by atoms with Gasteiger partial charge >= 0.3 is 0 Å². The fourth-order valence-corrected chi connectivity index (χ4v) is 2.12. The molecule has 0 saturated heterocycles. The monoisotopic (exact) mass is 357 g/mol. The van der Waals surface area contributed by atoms with Crippen LogP contribution >= 0.6 is 12.2 Å². The summed E-state index contributed by atoms with van der Waals surface area (Å²) >= 11 is 4.96. The van der Waals surface area contributed by atoms with Crippen molar-refractivity contribution in [1.29, 1.82) is 0 Å². The van der Waals surface area contributed by atoms with Crippen molar-refractivity contribution in [2.75, 3.05) is 6.61 Å². The molecule has 0 aliphatic rings. The lowest BCUT2D eigenvalue weighted by atomic mass is 10.1. The third-order valence-electron chi connectivity index (χ3n) is 3.17. The quantitative estimate of drug-likeness (QED) is 0.542. The van der Waals surface area contributed by atoms with Crippen LogP contribution in [0.3, 0.4) is 0 Å². The zero-order valence-electron chi connectivity index (χ0n) is 13.5. The van der Waals surface area contributed by atoms with Gasteiger partial charge in [-0.25, -0.2) is 0 Å². The molecule has 2 aromatic carbocycles. The SMILES string of the molecule is O=C(COc1ccccc1)NNC(=S)NC(=O)CCc1ccccc1. The summed E-state index contributed by atoms with van der Waals surface area (Å²) in [5.74, 6) is -0.0460. The van der Waals surface area contributed by atoms with Gasteiger partial charge in [0.15, 0.2) is 11.7 Å². The van der Waals surface area contributed by atoms with Crippen molar-refractivity contribution in [2.24, 2.45) is 0 Å². The summed E-state index contributed by atoms with van der Waals surface area (Å²) in [6, 6.07) is 18.7. The van der Waals surface area contributed by atoms with E-state index in [-0.39, 0.29) is 17.6 Å². The van der Waals surface area contributed by atoms with Crippen LogP contribution in [0, 0.1) is 0 Å². The summed E-state index contributed by atoms with van der Waals surface area (Å²) in [6.07, 6.45) is 0.920. The van der Waals surface area contributed by atoms with Crippen LogP contribution in [0.4, 0.5) is 0 Å². The van der Waals surface area contributed by atoms with E-state index in [2.05, 4.69) is 16.2 Å². The van der Waals surface area contributed by atoms with Crippen LogP contribution in [0.15, 0.2) is 60.7 Å². The number of hydrogen-bond acceptors (Lipinski definition) is 4. The van der Waals surface area contributed by atoms with Crippen molar-refractivity contribution in [3.8, 4) is 5.75 Å². The van der Waals surface area contributed by atoms with Gasteiger partial charge in [-0.05, 0) is 36.3 Å². The lowest BCUT2D eigenvalue weighted by Gasteiger charge is -2.11. The molecule has 3 N–H and O–H groups in total. The molecule has 0 unspecified atom stereocenters. The van der Waals surface area contributed by atoms with Gasteiger partial charge in [-0.15, -0.1) is 0 Å². The number of carbonyl (C=O) groups excluding carboxylic acids is 2. The number of aryl methyl sites for hydroxylation is 1. The van der Waals surface area contributed by atoms with Crippen LogP contribution in [-0.4, -0.2) is 23.5 Å². The molecule has 0 spiro atoms. The number of nitrogens with one attached hydrogen (secondary N) is 3. The number of amides is 2. The number of benzene rings is 2. The number of hydrazine groups is 1. The summed E-state index contributed by atoms with van der Waals surface area (Å²) in [5, 5.41) is 2.54. The minimum atomic E-state index is -0.412. The van der Waals surface area contributed by atoms with E-state index in [1.165, 1.54) is 0 Å². The first-order chi connectivity index (χ1) is 12.1. The van der Waals surface area contributed by atoms with E-state index in [1.54, 1.807) is 12.1 Å². The predicted octanol–water partition coefficient (Wildman–Crippen LogP) is 1.72. The molecular weight excluding hydrogens is 338 g/mol. The van der Waals surface area contributed by atoms with Gasteiger partial charge in [0.1, 0.15) is 5.75 Å². The van der Waals surface area contributed by atoms with Crippen molar-refractivity contribution in [3.05, 3.63) is 66.2 Å². The summed E-state index contributed by atoms with van der Waals surface area (Å²) in [7, 11) is 0. The third kappa shape index (κ3) is 7.45. The maximum atomic E-state index is 11.8. The van der Waals surface area contributed by atoms with Crippen molar-refractivity contribution < 1.29 is 14.3 Å². The number of ether oxygens (including phenoxy) is 1. The molecule has 0 aliphatic carbocycles. The van der Waals surface area contributed by atoms with Gasteiger partial charge in [0.2, 0.25) is 5.91 Å². The number of thiocarbonyl (C=S) groups is 1. The highest BCUT2D eigenvalue weighted by Crippen LogP contribution is 2.07. The van der Waals surface area contributed by atoms with E-state index in [1.807, 2.05) is 48.5 Å². The minimum absolute atomic E-state index is 0.0334.